The Balaban J connectivity index is 1.72. The predicted molar refractivity (Wildman–Crippen MR) is 73.6 cm³/mol. The molecule has 2 aliphatic rings. The first-order valence-electron chi connectivity index (χ1n) is 7.08. The van der Waals surface area contributed by atoms with Crippen LogP contribution in [0.1, 0.15) is 43.8 Å². The topological polar surface area (TPSA) is 38.7 Å². The van der Waals surface area contributed by atoms with E-state index in [-0.39, 0.29) is 0 Å². The highest BCUT2D eigenvalue weighted by molar-refractivity contribution is 5.44. The van der Waals surface area contributed by atoms with Crippen LogP contribution < -0.4 is 9.47 Å². The van der Waals surface area contributed by atoms with Gasteiger partial charge in [0.2, 0.25) is 0 Å². The second kappa shape index (κ2) is 5.66. The van der Waals surface area contributed by atoms with Crippen LogP contribution in [-0.2, 0) is 0 Å². The van der Waals surface area contributed by atoms with Gasteiger partial charge in [-0.2, -0.15) is 0 Å². The highest BCUT2D eigenvalue weighted by atomic mass is 16.6. The monoisotopic (exact) mass is 260 g/mol. The zero-order valence-corrected chi connectivity index (χ0v) is 11.1. The summed E-state index contributed by atoms with van der Waals surface area (Å²) in [5.41, 5.74) is 2.30. The van der Waals surface area contributed by atoms with E-state index in [0.29, 0.717) is 13.2 Å². The smallest absolute Gasteiger partial charge is 0.161 e. The van der Waals surface area contributed by atoms with Gasteiger partial charge in [0.05, 0.1) is 6.10 Å². The molecule has 0 saturated heterocycles. The SMILES string of the molecule is OC(CC1=CCCCC1)c1ccc2c(c1)OCCO2. The molecule has 1 N–H and O–H groups in total. The molecule has 1 unspecified atom stereocenters. The largest absolute Gasteiger partial charge is 0.486 e. The Bertz CT molecular complexity index is 479. The zero-order valence-electron chi connectivity index (χ0n) is 11.1. The van der Waals surface area contributed by atoms with Gasteiger partial charge in [-0.15, -0.1) is 0 Å². The van der Waals surface area contributed by atoms with Gasteiger partial charge in [-0.1, -0.05) is 17.7 Å². The molecule has 1 aromatic carbocycles. The summed E-state index contributed by atoms with van der Waals surface area (Å²) in [4.78, 5) is 0. The fourth-order valence-corrected chi connectivity index (χ4v) is 2.72. The lowest BCUT2D eigenvalue weighted by atomic mass is 9.93. The molecule has 3 heteroatoms. The molecule has 0 radical (unpaired) electrons. The Hall–Kier alpha value is -1.48. The molecule has 3 rings (SSSR count). The average molecular weight is 260 g/mol. The minimum Gasteiger partial charge on any atom is -0.486 e. The van der Waals surface area contributed by atoms with Crippen molar-refractivity contribution in [2.24, 2.45) is 0 Å². The van der Waals surface area contributed by atoms with Crippen LogP contribution in [0.3, 0.4) is 0 Å². The molecular weight excluding hydrogens is 240 g/mol. The van der Waals surface area contributed by atoms with Crippen LogP contribution in [0.5, 0.6) is 11.5 Å². The van der Waals surface area contributed by atoms with Crippen molar-refractivity contribution in [3.8, 4) is 11.5 Å². The third-order valence-corrected chi connectivity index (χ3v) is 3.79. The van der Waals surface area contributed by atoms with Gasteiger partial charge >= 0.3 is 0 Å². The van der Waals surface area contributed by atoms with Gasteiger partial charge in [-0.05, 0) is 49.8 Å². The van der Waals surface area contributed by atoms with Crippen LogP contribution in [0.4, 0.5) is 0 Å². The maximum atomic E-state index is 10.3. The van der Waals surface area contributed by atoms with Crippen LogP contribution in [0.15, 0.2) is 29.8 Å². The lowest BCUT2D eigenvalue weighted by molar-refractivity contribution is 0.164. The van der Waals surface area contributed by atoms with Crippen molar-refractivity contribution >= 4 is 0 Å². The maximum Gasteiger partial charge on any atom is 0.161 e. The van der Waals surface area contributed by atoms with Crippen LogP contribution in [-0.4, -0.2) is 18.3 Å². The highest BCUT2D eigenvalue weighted by Crippen LogP contribution is 2.35. The Kier molecular flexibility index (Phi) is 3.74. The Morgan fingerprint density at radius 2 is 1.95 bits per heavy atom. The number of benzene rings is 1. The summed E-state index contributed by atoms with van der Waals surface area (Å²) in [5.74, 6) is 1.53. The molecule has 19 heavy (non-hydrogen) atoms. The molecule has 1 atom stereocenters. The van der Waals surface area contributed by atoms with Gasteiger partial charge in [0.25, 0.3) is 0 Å². The van der Waals surface area contributed by atoms with E-state index >= 15 is 0 Å². The van der Waals surface area contributed by atoms with Crippen molar-refractivity contribution in [3.05, 3.63) is 35.4 Å². The number of aliphatic hydroxyl groups is 1. The molecule has 102 valence electrons. The van der Waals surface area contributed by atoms with Gasteiger partial charge in [0, 0.05) is 0 Å². The van der Waals surface area contributed by atoms with E-state index in [1.807, 2.05) is 18.2 Å². The van der Waals surface area contributed by atoms with E-state index in [4.69, 9.17) is 9.47 Å². The molecule has 0 saturated carbocycles. The van der Waals surface area contributed by atoms with Gasteiger partial charge in [-0.3, -0.25) is 0 Å². The molecule has 0 bridgehead atoms. The molecule has 1 aliphatic carbocycles. The molecule has 0 fully saturated rings. The molecule has 0 aromatic heterocycles. The molecule has 1 heterocycles. The quantitative estimate of drug-likeness (QED) is 0.847. The third kappa shape index (κ3) is 2.92. The number of hydrogen-bond donors (Lipinski definition) is 1. The van der Waals surface area contributed by atoms with E-state index in [1.54, 1.807) is 0 Å². The first-order chi connectivity index (χ1) is 9.33. The number of rotatable bonds is 3. The zero-order chi connectivity index (χ0) is 13.1. The minimum atomic E-state index is -0.444. The average Bonchev–Trinajstić information content (AvgIpc) is 2.48. The Morgan fingerprint density at radius 1 is 1.11 bits per heavy atom. The number of hydrogen-bond acceptors (Lipinski definition) is 3. The lowest BCUT2D eigenvalue weighted by Gasteiger charge is -2.21. The minimum absolute atomic E-state index is 0.444. The molecule has 1 aliphatic heterocycles. The van der Waals surface area contributed by atoms with Crippen LogP contribution in [0, 0.1) is 0 Å². The first-order valence-corrected chi connectivity index (χ1v) is 7.08. The van der Waals surface area contributed by atoms with Crippen molar-refractivity contribution < 1.29 is 14.6 Å². The third-order valence-electron chi connectivity index (χ3n) is 3.79. The van der Waals surface area contributed by atoms with Crippen LogP contribution >= 0.6 is 0 Å². The second-order valence-corrected chi connectivity index (χ2v) is 5.23. The Morgan fingerprint density at radius 3 is 2.74 bits per heavy atom. The fraction of sp³-hybridized carbons (Fsp3) is 0.500. The number of aliphatic hydroxyl groups excluding tert-OH is 1. The fourth-order valence-electron chi connectivity index (χ4n) is 2.72. The molecular formula is C16H20O3. The predicted octanol–water partition coefficient (Wildman–Crippen LogP) is 3.38. The van der Waals surface area contributed by atoms with Gasteiger partial charge in [0.15, 0.2) is 11.5 Å². The van der Waals surface area contributed by atoms with Crippen molar-refractivity contribution in [2.45, 2.75) is 38.2 Å². The van der Waals surface area contributed by atoms with E-state index in [2.05, 4.69) is 6.08 Å². The van der Waals surface area contributed by atoms with E-state index in [9.17, 15) is 5.11 Å². The van der Waals surface area contributed by atoms with Gasteiger partial charge < -0.3 is 14.6 Å². The standard InChI is InChI=1S/C16H20O3/c17-14(10-12-4-2-1-3-5-12)13-6-7-15-16(11-13)19-9-8-18-15/h4,6-7,11,14,17H,1-3,5,8-10H2. The number of fused-ring (bicyclic) bond motifs is 1. The molecule has 1 aromatic rings. The Labute approximate surface area is 113 Å². The normalized spacial score (nSPS) is 19.7. The summed E-state index contributed by atoms with van der Waals surface area (Å²) in [6.07, 6.45) is 7.39. The summed E-state index contributed by atoms with van der Waals surface area (Å²) in [7, 11) is 0. The molecule has 0 amide bonds. The second-order valence-electron chi connectivity index (χ2n) is 5.23. The molecule has 0 spiro atoms. The van der Waals surface area contributed by atoms with Crippen molar-refractivity contribution in [1.29, 1.82) is 0 Å². The summed E-state index contributed by atoms with van der Waals surface area (Å²) in [6.45, 7) is 1.18. The number of allylic oxidation sites excluding steroid dienone is 1. The summed E-state index contributed by atoms with van der Waals surface area (Å²) < 4.78 is 11.0. The summed E-state index contributed by atoms with van der Waals surface area (Å²) in [5, 5.41) is 10.3. The van der Waals surface area contributed by atoms with Crippen LogP contribution in [0.25, 0.3) is 0 Å². The number of ether oxygens (including phenoxy) is 2. The van der Waals surface area contributed by atoms with Crippen LogP contribution in [0.2, 0.25) is 0 Å². The molecule has 3 nitrogen and oxygen atoms in total. The van der Waals surface area contributed by atoms with E-state index in [0.717, 1.165) is 36.3 Å². The lowest BCUT2D eigenvalue weighted by Crippen LogP contribution is -2.15. The maximum absolute atomic E-state index is 10.3. The van der Waals surface area contributed by atoms with Crippen molar-refractivity contribution in [2.75, 3.05) is 13.2 Å². The van der Waals surface area contributed by atoms with Crippen molar-refractivity contribution in [1.82, 2.24) is 0 Å². The first kappa shape index (κ1) is 12.5. The van der Waals surface area contributed by atoms with Crippen molar-refractivity contribution in [3.63, 3.8) is 0 Å². The summed E-state index contributed by atoms with van der Waals surface area (Å²) >= 11 is 0. The van der Waals surface area contributed by atoms with Gasteiger partial charge in [0.1, 0.15) is 13.2 Å². The highest BCUT2D eigenvalue weighted by Gasteiger charge is 2.17. The summed E-state index contributed by atoms with van der Waals surface area (Å²) in [6, 6.07) is 5.73. The van der Waals surface area contributed by atoms with E-state index < -0.39 is 6.10 Å². The van der Waals surface area contributed by atoms with Gasteiger partial charge in [-0.25, -0.2) is 0 Å². The van der Waals surface area contributed by atoms with E-state index in [1.165, 1.54) is 18.4 Å².